The molecule has 7 rings (SSSR count). The minimum atomic E-state index is -0.262. The van der Waals surface area contributed by atoms with E-state index >= 15 is 0 Å². The van der Waals surface area contributed by atoms with E-state index in [1.165, 1.54) is 11.1 Å². The molecule has 1 saturated heterocycles. The summed E-state index contributed by atoms with van der Waals surface area (Å²) in [4.78, 5) is 18.7. The molecule has 3 aromatic carbocycles. The second-order valence-electron chi connectivity index (χ2n) is 11.0. The maximum absolute atomic E-state index is 14.3. The highest BCUT2D eigenvalue weighted by molar-refractivity contribution is 5.85. The van der Waals surface area contributed by atoms with Crippen LogP contribution in [-0.4, -0.2) is 68.9 Å². The van der Waals surface area contributed by atoms with E-state index in [4.69, 9.17) is 23.7 Å². The summed E-state index contributed by atoms with van der Waals surface area (Å²) >= 11 is 0. The standard InChI is InChI=1S/C32H34N2O6/c1-33-25-12-21-13-27(36-2)28(37-3)16-23(21)31(33)24-11-20-14-29-30(40-10-9-39-29)15-22(20)26(34(24)32(25)35)18-38-17-19-7-5-4-6-8-19/h4-8,13-16,24-26,31H,9-12,17-18H2,1-3H3/t24?,25-,26?,31+/m0/s1. The topological polar surface area (TPSA) is 69.7 Å². The second-order valence-corrected chi connectivity index (χ2v) is 11.0. The van der Waals surface area contributed by atoms with E-state index in [-0.39, 0.29) is 30.1 Å². The SMILES string of the molecule is COc1cc2c(cc1OC)[C@@H]1C3Cc4cc5c(cc4C(COCc4ccccc4)N3C(=O)[C@H](C2)N1C)OCCO5. The number of amides is 1. The molecule has 0 aromatic heterocycles. The lowest BCUT2D eigenvalue weighted by atomic mass is 9.75. The van der Waals surface area contributed by atoms with Gasteiger partial charge in [-0.25, -0.2) is 0 Å². The normalized spacial score (nSPS) is 24.6. The average Bonchev–Trinajstić information content (AvgIpc) is 2.98. The van der Waals surface area contributed by atoms with Crippen LogP contribution in [0.15, 0.2) is 54.6 Å². The third-order valence-electron chi connectivity index (χ3n) is 8.88. The van der Waals surface area contributed by atoms with Gasteiger partial charge in [-0.05, 0) is 72.0 Å². The van der Waals surface area contributed by atoms with Gasteiger partial charge in [0.2, 0.25) is 5.91 Å². The zero-order valence-corrected chi connectivity index (χ0v) is 23.1. The van der Waals surface area contributed by atoms with Crippen LogP contribution < -0.4 is 18.9 Å². The van der Waals surface area contributed by atoms with Crippen molar-refractivity contribution in [2.45, 2.75) is 43.6 Å². The van der Waals surface area contributed by atoms with E-state index in [2.05, 4.69) is 47.2 Å². The smallest absolute Gasteiger partial charge is 0.241 e. The van der Waals surface area contributed by atoms with Crippen molar-refractivity contribution in [2.24, 2.45) is 0 Å². The first-order chi connectivity index (χ1) is 19.6. The maximum atomic E-state index is 14.3. The summed E-state index contributed by atoms with van der Waals surface area (Å²) in [5.41, 5.74) is 5.68. The molecule has 8 heteroatoms. The summed E-state index contributed by atoms with van der Waals surface area (Å²) in [5.74, 6) is 3.04. The Labute approximate surface area is 234 Å². The Hall–Kier alpha value is -3.75. The van der Waals surface area contributed by atoms with Crippen LogP contribution >= 0.6 is 0 Å². The van der Waals surface area contributed by atoms with Crippen molar-refractivity contribution in [1.29, 1.82) is 0 Å². The zero-order valence-electron chi connectivity index (χ0n) is 23.1. The summed E-state index contributed by atoms with van der Waals surface area (Å²) in [5, 5.41) is 0. The van der Waals surface area contributed by atoms with Crippen LogP contribution in [0.3, 0.4) is 0 Å². The van der Waals surface area contributed by atoms with Crippen LogP contribution in [0.1, 0.15) is 39.9 Å². The van der Waals surface area contributed by atoms with E-state index in [0.29, 0.717) is 50.8 Å². The molecule has 1 amide bonds. The molecule has 4 aliphatic rings. The molecule has 0 spiro atoms. The number of rotatable bonds is 6. The number of carbonyl (C=O) groups is 1. The number of likely N-dealkylation sites (N-methyl/N-ethyl adjacent to an activating group) is 1. The summed E-state index contributed by atoms with van der Waals surface area (Å²) < 4.78 is 29.5. The van der Waals surface area contributed by atoms with Crippen LogP contribution in [0.25, 0.3) is 0 Å². The molecule has 208 valence electrons. The number of hydrogen-bond donors (Lipinski definition) is 0. The highest BCUT2D eigenvalue weighted by Crippen LogP contribution is 2.51. The lowest BCUT2D eigenvalue weighted by Gasteiger charge is -2.57. The fraction of sp³-hybridized carbons (Fsp3) is 0.406. The Morgan fingerprint density at radius 3 is 2.33 bits per heavy atom. The first-order valence-electron chi connectivity index (χ1n) is 13.9. The second kappa shape index (κ2) is 10.0. The van der Waals surface area contributed by atoms with Gasteiger partial charge in [0.1, 0.15) is 13.2 Å². The van der Waals surface area contributed by atoms with Crippen LogP contribution in [0.4, 0.5) is 0 Å². The quantitative estimate of drug-likeness (QED) is 0.465. The van der Waals surface area contributed by atoms with Crippen LogP contribution in [-0.2, 0) is 29.0 Å². The van der Waals surface area contributed by atoms with Gasteiger partial charge in [0.05, 0.1) is 51.6 Å². The highest BCUT2D eigenvalue weighted by Gasteiger charge is 2.53. The Morgan fingerprint density at radius 1 is 0.875 bits per heavy atom. The van der Waals surface area contributed by atoms with Crippen LogP contribution in [0.2, 0.25) is 0 Å². The third-order valence-corrected chi connectivity index (χ3v) is 8.88. The number of benzene rings is 3. The summed E-state index contributed by atoms with van der Waals surface area (Å²) in [6.07, 6.45) is 1.33. The maximum Gasteiger partial charge on any atom is 0.241 e. The van der Waals surface area contributed by atoms with Gasteiger partial charge in [0.15, 0.2) is 23.0 Å². The molecule has 4 heterocycles. The molecule has 0 N–H and O–H groups in total. The monoisotopic (exact) mass is 542 g/mol. The van der Waals surface area contributed by atoms with Crippen LogP contribution in [0.5, 0.6) is 23.0 Å². The van der Waals surface area contributed by atoms with Crippen molar-refractivity contribution in [2.75, 3.05) is 41.1 Å². The van der Waals surface area contributed by atoms with Crippen molar-refractivity contribution in [3.8, 4) is 23.0 Å². The fourth-order valence-corrected chi connectivity index (χ4v) is 7.02. The van der Waals surface area contributed by atoms with Gasteiger partial charge in [0.25, 0.3) is 0 Å². The Bertz CT molecular complexity index is 1440. The molecule has 0 aliphatic carbocycles. The minimum absolute atomic E-state index is 0.00392. The van der Waals surface area contributed by atoms with Gasteiger partial charge < -0.3 is 28.6 Å². The number of hydrogen-bond acceptors (Lipinski definition) is 7. The predicted octanol–water partition coefficient (Wildman–Crippen LogP) is 4.10. The Morgan fingerprint density at radius 2 is 1.57 bits per heavy atom. The van der Waals surface area contributed by atoms with Gasteiger partial charge in [0, 0.05) is 0 Å². The number of nitrogens with zero attached hydrogens (tertiary/aromatic N) is 2. The largest absolute Gasteiger partial charge is 0.493 e. The predicted molar refractivity (Wildman–Crippen MR) is 148 cm³/mol. The van der Waals surface area contributed by atoms with Crippen molar-refractivity contribution >= 4 is 5.91 Å². The molecule has 1 fully saturated rings. The van der Waals surface area contributed by atoms with Crippen molar-refractivity contribution in [3.05, 3.63) is 82.4 Å². The summed E-state index contributed by atoms with van der Waals surface area (Å²) in [6, 6.07) is 17.9. The van der Waals surface area contributed by atoms with E-state index < -0.39 is 0 Å². The third kappa shape index (κ3) is 4.00. The lowest BCUT2D eigenvalue weighted by Crippen LogP contribution is -2.66. The van der Waals surface area contributed by atoms with Gasteiger partial charge in [-0.2, -0.15) is 0 Å². The molecular formula is C32H34N2O6. The van der Waals surface area contributed by atoms with Crippen molar-refractivity contribution in [3.63, 3.8) is 0 Å². The molecule has 0 saturated carbocycles. The van der Waals surface area contributed by atoms with E-state index in [1.54, 1.807) is 14.2 Å². The molecule has 4 aliphatic heterocycles. The molecule has 40 heavy (non-hydrogen) atoms. The number of fused-ring (bicyclic) bond motifs is 8. The van der Waals surface area contributed by atoms with Crippen molar-refractivity contribution < 1.29 is 28.5 Å². The van der Waals surface area contributed by atoms with E-state index in [9.17, 15) is 4.79 Å². The van der Waals surface area contributed by atoms with E-state index in [1.807, 2.05) is 24.3 Å². The Balaban J connectivity index is 1.31. The number of methoxy groups -OCH3 is 2. The Kier molecular flexibility index (Phi) is 6.32. The molecule has 2 bridgehead atoms. The highest BCUT2D eigenvalue weighted by atomic mass is 16.6. The molecule has 0 radical (unpaired) electrons. The molecule has 2 unspecified atom stereocenters. The summed E-state index contributed by atoms with van der Waals surface area (Å²) in [6.45, 7) is 1.93. The van der Waals surface area contributed by atoms with Crippen LogP contribution in [0, 0.1) is 0 Å². The average molecular weight is 543 g/mol. The fourth-order valence-electron chi connectivity index (χ4n) is 7.02. The van der Waals surface area contributed by atoms with Gasteiger partial charge in [-0.1, -0.05) is 30.3 Å². The molecular weight excluding hydrogens is 508 g/mol. The molecule has 4 atom stereocenters. The zero-order chi connectivity index (χ0) is 27.4. The lowest BCUT2D eigenvalue weighted by molar-refractivity contribution is -0.159. The minimum Gasteiger partial charge on any atom is -0.493 e. The van der Waals surface area contributed by atoms with Gasteiger partial charge in [-0.15, -0.1) is 0 Å². The first kappa shape index (κ1) is 25.2. The number of carbonyl (C=O) groups excluding carboxylic acids is 1. The first-order valence-corrected chi connectivity index (χ1v) is 13.9. The number of piperazine rings is 1. The number of ether oxygens (including phenoxy) is 5. The summed E-state index contributed by atoms with van der Waals surface area (Å²) in [7, 11) is 5.39. The molecule has 8 nitrogen and oxygen atoms in total. The van der Waals surface area contributed by atoms with E-state index in [0.717, 1.165) is 28.2 Å². The van der Waals surface area contributed by atoms with Gasteiger partial charge in [-0.3, -0.25) is 9.69 Å². The van der Waals surface area contributed by atoms with Gasteiger partial charge >= 0.3 is 0 Å². The molecule has 3 aromatic rings. The van der Waals surface area contributed by atoms with Crippen molar-refractivity contribution in [1.82, 2.24) is 9.80 Å².